The van der Waals surface area contributed by atoms with Crippen LogP contribution in [0.5, 0.6) is 11.5 Å². The maximum absolute atomic E-state index is 7.03. The van der Waals surface area contributed by atoms with Crippen LogP contribution >= 0.6 is 0 Å². The fourth-order valence-electron chi connectivity index (χ4n) is 10.0. The zero-order valence-corrected chi connectivity index (χ0v) is 38.3. The summed E-state index contributed by atoms with van der Waals surface area (Å²) in [6, 6.07) is 76.3. The first kappa shape index (κ1) is 39.9. The third-order valence-electron chi connectivity index (χ3n) is 12.9. The number of hydrogen-bond acceptors (Lipinski definition) is 6. The number of ether oxygens (including phenoxy) is 1. The van der Waals surface area contributed by atoms with E-state index in [0.717, 1.165) is 111 Å². The smallest absolute Gasteiger partial charge is 0.136 e. The van der Waals surface area contributed by atoms with Crippen LogP contribution in [0.4, 0.5) is 22.7 Å². The second kappa shape index (κ2) is 15.9. The molecule has 68 heavy (non-hydrogen) atoms. The molecule has 14 rings (SSSR count). The van der Waals surface area contributed by atoms with E-state index in [1.165, 1.54) is 0 Å². The first-order valence-corrected chi connectivity index (χ1v) is 22.3. The van der Waals surface area contributed by atoms with Crippen LogP contribution in [0.1, 0.15) is 0 Å². The quantitative estimate of drug-likeness (QED) is 0.148. The first-order valence-electron chi connectivity index (χ1n) is 22.3. The standard InChI is InChI=1S/C60H35N4O3.Pt/c1-3-16-38(17-4-1)42-22-15-23-43(39-18-5-2-6-19-39)59(42)63-37-62(49-25-10-11-26-50(49)63)40-34-47-58-54(32-31-53-57(58)46-21-8-12-27-52(46)66-53)67-60(47)55(35-40)65-41-29-30-45-44-20-7-9-24-48(44)64(51(45)36-41)56-28-13-14-33-61-56;/h1-34,37H;/q-3;. The number of nitrogens with zero attached hydrogens (tertiary/aromatic N) is 4. The topological polar surface area (TPSA) is 59.8 Å². The number of benzene rings is 9. The summed E-state index contributed by atoms with van der Waals surface area (Å²) in [5.74, 6) is 1.74. The van der Waals surface area contributed by atoms with Crippen molar-refractivity contribution >= 4 is 88.4 Å². The molecule has 8 heteroatoms. The Morgan fingerprint density at radius 3 is 1.90 bits per heavy atom. The average Bonchev–Trinajstić information content (AvgIpc) is 4.16. The predicted octanol–water partition coefficient (Wildman–Crippen LogP) is 16.1. The molecule has 9 aromatic carbocycles. The molecule has 0 fully saturated rings. The van der Waals surface area contributed by atoms with E-state index < -0.39 is 0 Å². The number of hydrogen-bond donors (Lipinski definition) is 0. The van der Waals surface area contributed by atoms with Crippen LogP contribution in [-0.2, 0) is 21.1 Å². The van der Waals surface area contributed by atoms with Crippen LogP contribution in [0.2, 0.25) is 0 Å². The van der Waals surface area contributed by atoms with E-state index in [1.54, 1.807) is 0 Å². The molecule has 0 amide bonds. The van der Waals surface area contributed by atoms with Crippen molar-refractivity contribution in [2.75, 3.05) is 9.80 Å². The summed E-state index contributed by atoms with van der Waals surface area (Å²) in [5, 5.41) is 5.96. The summed E-state index contributed by atoms with van der Waals surface area (Å²) in [6.07, 6.45) is 1.81. The van der Waals surface area contributed by atoms with Gasteiger partial charge in [-0.15, -0.1) is 36.3 Å². The van der Waals surface area contributed by atoms with Crippen LogP contribution < -0.4 is 14.5 Å². The van der Waals surface area contributed by atoms with Crippen molar-refractivity contribution in [3.63, 3.8) is 0 Å². The predicted molar refractivity (Wildman–Crippen MR) is 270 cm³/mol. The summed E-state index contributed by atoms with van der Waals surface area (Å²) in [6.45, 7) is 2.18. The molecular weight excluding hydrogens is 1020 g/mol. The summed E-state index contributed by atoms with van der Waals surface area (Å²) in [5.41, 5.74) is 13.1. The van der Waals surface area contributed by atoms with Crippen LogP contribution in [-0.4, -0.2) is 9.55 Å². The second-order valence-electron chi connectivity index (χ2n) is 16.7. The van der Waals surface area contributed by atoms with Gasteiger partial charge in [-0.3, -0.25) is 0 Å². The molecular formula is C60H35N4O3Pt-3. The molecule has 0 unspecified atom stereocenters. The molecule has 4 aromatic heterocycles. The fraction of sp³-hybridized carbons (Fsp3) is 0. The third kappa shape index (κ3) is 6.20. The molecule has 0 atom stereocenters. The maximum Gasteiger partial charge on any atom is 0.136 e. The minimum Gasteiger partial charge on any atom is -0.512 e. The summed E-state index contributed by atoms with van der Waals surface area (Å²) >= 11 is 0. The molecule has 13 aromatic rings. The molecule has 0 spiro atoms. The SMILES string of the molecule is [Pt].[c-]1c(N2[CH-]N(c3c(-c4ccccc4)cccc3-c3ccccc3)c3ccccc32)cc2c(oc3ccc4oc5ccccc5c4c32)c1Oc1[c-]c2c(cc1)c1ccccc1n2-c1ccccn1. The van der Waals surface area contributed by atoms with Gasteiger partial charge in [0, 0.05) is 82.9 Å². The molecule has 0 radical (unpaired) electrons. The number of rotatable bonds is 7. The van der Waals surface area contributed by atoms with E-state index in [-0.39, 0.29) is 21.1 Å². The summed E-state index contributed by atoms with van der Waals surface area (Å²) in [4.78, 5) is 9.27. The minimum absolute atomic E-state index is 0. The van der Waals surface area contributed by atoms with Crippen molar-refractivity contribution in [1.29, 1.82) is 0 Å². The molecule has 326 valence electrons. The van der Waals surface area contributed by atoms with Crippen molar-refractivity contribution in [3.8, 4) is 39.6 Å². The molecule has 1 aliphatic heterocycles. The van der Waals surface area contributed by atoms with Crippen LogP contribution in [0.15, 0.2) is 215 Å². The largest absolute Gasteiger partial charge is 0.512 e. The van der Waals surface area contributed by atoms with Gasteiger partial charge in [-0.1, -0.05) is 150 Å². The van der Waals surface area contributed by atoms with Crippen molar-refractivity contribution in [2.24, 2.45) is 0 Å². The zero-order chi connectivity index (χ0) is 44.0. The van der Waals surface area contributed by atoms with E-state index in [0.29, 0.717) is 17.1 Å². The van der Waals surface area contributed by atoms with Crippen molar-refractivity contribution in [2.45, 2.75) is 0 Å². The maximum atomic E-state index is 7.03. The Hall–Kier alpha value is -8.38. The van der Waals surface area contributed by atoms with Gasteiger partial charge in [0.05, 0.1) is 11.3 Å². The van der Waals surface area contributed by atoms with Crippen LogP contribution in [0.25, 0.3) is 93.8 Å². The van der Waals surface area contributed by atoms with Gasteiger partial charge >= 0.3 is 0 Å². The Kier molecular flexibility index (Phi) is 9.34. The minimum atomic E-state index is 0. The van der Waals surface area contributed by atoms with E-state index in [9.17, 15) is 0 Å². The Bertz CT molecular complexity index is 4010. The fourth-order valence-corrected chi connectivity index (χ4v) is 10.0. The zero-order valence-electron chi connectivity index (χ0n) is 36.0. The molecule has 0 N–H and O–H groups in total. The molecule has 1 aliphatic rings. The monoisotopic (exact) mass is 1050 g/mol. The summed E-state index contributed by atoms with van der Waals surface area (Å²) in [7, 11) is 0. The van der Waals surface area contributed by atoms with Gasteiger partial charge in [0.15, 0.2) is 0 Å². The Morgan fingerprint density at radius 2 is 1.15 bits per heavy atom. The Morgan fingerprint density at radius 1 is 0.500 bits per heavy atom. The molecule has 0 aliphatic carbocycles. The second-order valence-corrected chi connectivity index (χ2v) is 16.7. The molecule has 0 bridgehead atoms. The van der Waals surface area contributed by atoms with Gasteiger partial charge in [-0.25, -0.2) is 4.98 Å². The normalized spacial score (nSPS) is 12.5. The molecule has 0 saturated heterocycles. The molecule has 0 saturated carbocycles. The van der Waals surface area contributed by atoms with Crippen LogP contribution in [0, 0.1) is 18.8 Å². The van der Waals surface area contributed by atoms with Gasteiger partial charge in [-0.05, 0) is 65.0 Å². The number of fused-ring (bicyclic) bond motifs is 11. The Labute approximate surface area is 404 Å². The van der Waals surface area contributed by atoms with Crippen molar-refractivity contribution in [1.82, 2.24) is 9.55 Å². The molecule has 5 heterocycles. The van der Waals surface area contributed by atoms with E-state index in [2.05, 4.69) is 179 Å². The van der Waals surface area contributed by atoms with E-state index in [4.69, 9.17) is 18.6 Å². The number of pyridine rings is 1. The van der Waals surface area contributed by atoms with Gasteiger partial charge in [0.2, 0.25) is 0 Å². The van der Waals surface area contributed by atoms with Crippen molar-refractivity contribution < 1.29 is 34.6 Å². The number of para-hydroxylation sites is 5. The summed E-state index contributed by atoms with van der Waals surface area (Å²) < 4.78 is 22.5. The number of furan rings is 2. The first-order chi connectivity index (χ1) is 33.2. The van der Waals surface area contributed by atoms with E-state index >= 15 is 0 Å². The van der Waals surface area contributed by atoms with Gasteiger partial charge in [0.25, 0.3) is 0 Å². The number of anilines is 4. The third-order valence-corrected chi connectivity index (χ3v) is 12.9. The number of aromatic nitrogens is 2. The molecule has 7 nitrogen and oxygen atoms in total. The van der Waals surface area contributed by atoms with Gasteiger partial charge < -0.3 is 27.9 Å². The Balaban J connectivity index is 0.00000457. The average molecular weight is 1060 g/mol. The van der Waals surface area contributed by atoms with Gasteiger partial charge in [-0.2, -0.15) is 6.07 Å². The van der Waals surface area contributed by atoms with Gasteiger partial charge in [0.1, 0.15) is 22.6 Å². The van der Waals surface area contributed by atoms with E-state index in [1.807, 2.05) is 60.8 Å². The van der Waals surface area contributed by atoms with Crippen LogP contribution in [0.3, 0.4) is 0 Å². The van der Waals surface area contributed by atoms with Crippen molar-refractivity contribution in [3.05, 3.63) is 225 Å².